The first-order valence-corrected chi connectivity index (χ1v) is 17.9. The molecule has 3 heterocycles. The van der Waals surface area contributed by atoms with Gasteiger partial charge in [-0.15, -0.1) is 0 Å². The van der Waals surface area contributed by atoms with Crippen LogP contribution in [-0.4, -0.2) is 63.2 Å². The van der Waals surface area contributed by atoms with Crippen LogP contribution in [0.5, 0.6) is 0 Å². The molecule has 1 saturated carbocycles. The summed E-state index contributed by atoms with van der Waals surface area (Å²) in [5.74, 6) is -9.78. The molecule has 2 saturated heterocycles. The normalized spacial score (nSPS) is 30.7. The smallest absolute Gasteiger partial charge is 0.348 e. The van der Waals surface area contributed by atoms with Crippen LogP contribution in [0.25, 0.3) is 0 Å². The van der Waals surface area contributed by atoms with Gasteiger partial charge in [0.05, 0.1) is 5.57 Å². The Morgan fingerprint density at radius 3 is 1.44 bits per heavy atom. The number of carbonyl (C=O) groups is 6. The molecule has 3 aliphatic heterocycles. The van der Waals surface area contributed by atoms with Gasteiger partial charge in [-0.05, 0) is 42.6 Å². The molecule has 2 N–H and O–H groups in total. The summed E-state index contributed by atoms with van der Waals surface area (Å²) in [6, 6.07) is 0. The van der Waals surface area contributed by atoms with Gasteiger partial charge < -0.3 is 38.6 Å². The zero-order valence-corrected chi connectivity index (χ0v) is 30.6. The molecule has 3 fully saturated rings. The van der Waals surface area contributed by atoms with Gasteiger partial charge in [-0.1, -0.05) is 63.6 Å². The average molecular weight is 749 g/mol. The summed E-state index contributed by atoms with van der Waals surface area (Å²) in [5, 5.41) is 20.6. The van der Waals surface area contributed by atoms with Crippen molar-refractivity contribution >= 4 is 35.6 Å². The number of hydrogen-bond acceptors (Lipinski definition) is 14. The van der Waals surface area contributed by atoms with Gasteiger partial charge in [0.2, 0.25) is 0 Å². The quantitative estimate of drug-likeness (QED) is 0.0858. The van der Waals surface area contributed by atoms with Gasteiger partial charge in [0.1, 0.15) is 22.5 Å². The first-order chi connectivity index (χ1) is 25.5. The van der Waals surface area contributed by atoms with Gasteiger partial charge in [0.25, 0.3) is 23.3 Å². The SMILES string of the molecule is CCCC1(C)CC(=O)C(C=CC=CC=C2C(=O)OC3(CCC4(CC3)OC(=O)C(=C/C=C/C=C/C3=C(O)OC(C)(CCC)OC3=O)C(=O)O4)OC2=O)=C(O)C1. The zero-order valence-electron chi connectivity index (χ0n) is 30.6. The minimum atomic E-state index is -1.65. The Morgan fingerprint density at radius 2 is 1.02 bits per heavy atom. The highest BCUT2D eigenvalue weighted by Crippen LogP contribution is 2.45. The molecule has 0 amide bonds. The summed E-state index contributed by atoms with van der Waals surface area (Å²) >= 11 is 0. The van der Waals surface area contributed by atoms with Crippen molar-refractivity contribution in [2.45, 2.75) is 109 Å². The van der Waals surface area contributed by atoms with E-state index in [1.165, 1.54) is 54.7 Å². The molecule has 288 valence electrons. The Hall–Kier alpha value is -5.66. The first-order valence-electron chi connectivity index (χ1n) is 17.9. The van der Waals surface area contributed by atoms with Crippen molar-refractivity contribution in [1.29, 1.82) is 0 Å². The van der Waals surface area contributed by atoms with E-state index in [1.807, 2.05) is 20.8 Å². The number of aliphatic hydroxyl groups is 2. The van der Waals surface area contributed by atoms with Gasteiger partial charge in [0.15, 0.2) is 5.78 Å². The number of allylic oxidation sites excluding steroid dienone is 11. The predicted molar refractivity (Wildman–Crippen MR) is 188 cm³/mol. The van der Waals surface area contributed by atoms with Crippen LogP contribution in [0.2, 0.25) is 0 Å². The lowest BCUT2D eigenvalue weighted by Crippen LogP contribution is -2.56. The van der Waals surface area contributed by atoms with Crippen LogP contribution in [0, 0.1) is 5.41 Å². The second-order valence-electron chi connectivity index (χ2n) is 14.3. The Bertz CT molecular complexity index is 1680. The van der Waals surface area contributed by atoms with Crippen LogP contribution in [0.1, 0.15) is 91.9 Å². The zero-order chi connectivity index (χ0) is 39.3. The van der Waals surface area contributed by atoms with E-state index in [0.29, 0.717) is 25.7 Å². The summed E-state index contributed by atoms with van der Waals surface area (Å²) in [6.07, 6.45) is 16.7. The molecular weight excluding hydrogens is 704 g/mol. The van der Waals surface area contributed by atoms with Crippen molar-refractivity contribution in [2.75, 3.05) is 0 Å². The highest BCUT2D eigenvalue weighted by molar-refractivity contribution is 6.16. The highest BCUT2D eigenvalue weighted by atomic mass is 16.8. The van der Waals surface area contributed by atoms with Crippen LogP contribution < -0.4 is 0 Å². The number of ether oxygens (including phenoxy) is 6. The van der Waals surface area contributed by atoms with Gasteiger partial charge >= 0.3 is 29.8 Å². The fraction of sp³-hybridized carbons (Fsp3) is 0.450. The van der Waals surface area contributed by atoms with E-state index in [4.69, 9.17) is 28.4 Å². The summed E-state index contributed by atoms with van der Waals surface area (Å²) in [6.45, 7) is 7.43. The lowest BCUT2D eigenvalue weighted by atomic mass is 9.72. The van der Waals surface area contributed by atoms with Crippen molar-refractivity contribution in [3.8, 4) is 0 Å². The Morgan fingerprint density at radius 1 is 0.556 bits per heavy atom. The Labute approximate surface area is 312 Å². The summed E-state index contributed by atoms with van der Waals surface area (Å²) in [7, 11) is 0. The maximum atomic E-state index is 12.9. The number of hydrogen-bond donors (Lipinski definition) is 2. The second kappa shape index (κ2) is 15.7. The molecule has 5 rings (SSSR count). The van der Waals surface area contributed by atoms with E-state index in [0.717, 1.165) is 18.9 Å². The highest BCUT2D eigenvalue weighted by Gasteiger charge is 2.56. The summed E-state index contributed by atoms with van der Waals surface area (Å²) < 4.78 is 32.7. The third-order valence-electron chi connectivity index (χ3n) is 9.69. The van der Waals surface area contributed by atoms with Crippen molar-refractivity contribution < 1.29 is 67.4 Å². The topological polar surface area (TPSA) is 198 Å². The maximum absolute atomic E-state index is 12.9. The number of Topliss-reactive ketones (excluding diaryl/α,β-unsaturated/α-hetero) is 1. The fourth-order valence-corrected chi connectivity index (χ4v) is 7.02. The molecule has 0 aromatic rings. The molecule has 14 nitrogen and oxygen atoms in total. The standard InChI is InChI=1S/C40H44O14/c1-5-17-37(3)23-29(41)25(30(42)24-37)13-9-7-10-15-27-33(45)51-39(52-34(27)46)19-21-40(22-20-39)53-35(47)28(36(48)54-40)16-12-8-11-14-26-31(43)49-38(4,18-6-2)50-32(26)44/h7-16,41,43H,5-6,17-24H2,1-4H3/b10-7?,12-8+,13-9?,14-11+,27-15?,28-16?. The number of aliphatic hydroxyl groups excluding tert-OH is 2. The minimum Gasteiger partial charge on any atom is -0.512 e. The molecule has 2 unspecified atom stereocenters. The molecule has 2 aliphatic carbocycles. The van der Waals surface area contributed by atoms with Crippen molar-refractivity contribution in [1.82, 2.24) is 0 Å². The number of carbonyl (C=O) groups excluding carboxylic acids is 6. The first kappa shape index (κ1) is 39.5. The molecule has 0 aromatic carbocycles. The Kier molecular flexibility index (Phi) is 11.5. The van der Waals surface area contributed by atoms with Crippen LogP contribution in [-0.2, 0) is 57.2 Å². The van der Waals surface area contributed by atoms with Gasteiger partial charge in [-0.2, -0.15) is 0 Å². The van der Waals surface area contributed by atoms with E-state index in [2.05, 4.69) is 0 Å². The van der Waals surface area contributed by atoms with Crippen molar-refractivity contribution in [3.05, 3.63) is 94.8 Å². The molecule has 2 spiro atoms. The summed E-state index contributed by atoms with van der Waals surface area (Å²) in [4.78, 5) is 76.4. The van der Waals surface area contributed by atoms with Crippen molar-refractivity contribution in [3.63, 3.8) is 0 Å². The van der Waals surface area contributed by atoms with Gasteiger partial charge in [-0.3, -0.25) is 4.79 Å². The van der Waals surface area contributed by atoms with Crippen LogP contribution in [0.15, 0.2) is 94.8 Å². The second-order valence-corrected chi connectivity index (χ2v) is 14.3. The van der Waals surface area contributed by atoms with Gasteiger partial charge in [-0.25, -0.2) is 24.0 Å². The van der Waals surface area contributed by atoms with Gasteiger partial charge in [0, 0.05) is 51.9 Å². The van der Waals surface area contributed by atoms with E-state index >= 15 is 0 Å². The minimum absolute atomic E-state index is 0.0361. The van der Waals surface area contributed by atoms with E-state index in [1.54, 1.807) is 6.92 Å². The lowest BCUT2D eigenvalue weighted by Gasteiger charge is -2.45. The number of esters is 5. The molecule has 0 radical (unpaired) electrons. The average Bonchev–Trinajstić information content (AvgIpc) is 3.06. The lowest BCUT2D eigenvalue weighted by molar-refractivity contribution is -0.291. The molecule has 54 heavy (non-hydrogen) atoms. The van der Waals surface area contributed by atoms with Crippen LogP contribution >= 0.6 is 0 Å². The molecule has 0 aromatic heterocycles. The van der Waals surface area contributed by atoms with E-state index < -0.39 is 58.7 Å². The van der Waals surface area contributed by atoms with E-state index in [9.17, 15) is 39.0 Å². The number of ketones is 1. The van der Waals surface area contributed by atoms with Crippen molar-refractivity contribution in [2.24, 2.45) is 5.41 Å². The third kappa shape index (κ3) is 8.75. The molecule has 0 bridgehead atoms. The third-order valence-corrected chi connectivity index (χ3v) is 9.69. The van der Waals surface area contributed by atoms with Crippen LogP contribution in [0.4, 0.5) is 0 Å². The molecule has 2 atom stereocenters. The summed E-state index contributed by atoms with van der Waals surface area (Å²) in [5.41, 5.74) is -1.01. The predicted octanol–water partition coefficient (Wildman–Crippen LogP) is 6.07. The molecule has 14 heteroatoms. The fourth-order valence-electron chi connectivity index (χ4n) is 7.02. The number of rotatable bonds is 10. The largest absolute Gasteiger partial charge is 0.512 e. The maximum Gasteiger partial charge on any atom is 0.348 e. The molecule has 5 aliphatic rings. The van der Waals surface area contributed by atoms with Crippen LogP contribution in [0.3, 0.4) is 0 Å². The monoisotopic (exact) mass is 748 g/mol. The molecular formula is C40H44O14. The Balaban J connectivity index is 1.13. The number of cyclic esters (lactones) is 1. The van der Waals surface area contributed by atoms with E-state index in [-0.39, 0.29) is 59.4 Å².